The van der Waals surface area contributed by atoms with E-state index in [-0.39, 0.29) is 12.5 Å². The number of benzene rings is 3. The van der Waals surface area contributed by atoms with Crippen molar-refractivity contribution in [2.75, 3.05) is 11.5 Å². The van der Waals surface area contributed by atoms with Gasteiger partial charge in [-0.2, -0.15) is 0 Å². The van der Waals surface area contributed by atoms with E-state index in [4.69, 9.17) is 16.2 Å². The standard InChI is InChI=1S/C25H18N2O2S/c1-2-16-29-22-15-9-10-19(17-22)18-23-24(28)27(21-13-7-4-8-14-21)25(30-23)26-20-11-5-3-6-12-20/h1,3-15,17-18H,16H2/b23-18-,26-25?. The fourth-order valence-electron chi connectivity index (χ4n) is 2.94. The number of hydrogen-bond acceptors (Lipinski definition) is 4. The number of ether oxygens (including phenoxy) is 1. The molecule has 3 aromatic carbocycles. The molecular weight excluding hydrogens is 392 g/mol. The molecule has 0 atom stereocenters. The van der Waals surface area contributed by atoms with Crippen LogP contribution < -0.4 is 9.64 Å². The SMILES string of the molecule is C#CCOc1cccc(/C=C2\SC(=Nc3ccccc3)N(c3ccccc3)C2=O)c1. The summed E-state index contributed by atoms with van der Waals surface area (Å²) in [7, 11) is 0. The Hall–Kier alpha value is -3.75. The first-order valence-corrected chi connectivity index (χ1v) is 10.2. The van der Waals surface area contributed by atoms with Crippen molar-refractivity contribution in [1.82, 2.24) is 0 Å². The summed E-state index contributed by atoms with van der Waals surface area (Å²) in [4.78, 5) is 20.2. The molecule has 0 spiro atoms. The minimum Gasteiger partial charge on any atom is -0.481 e. The lowest BCUT2D eigenvalue weighted by Gasteiger charge is -2.15. The van der Waals surface area contributed by atoms with Crippen molar-refractivity contribution in [1.29, 1.82) is 0 Å². The quantitative estimate of drug-likeness (QED) is 0.412. The van der Waals surface area contributed by atoms with E-state index in [0.717, 1.165) is 16.9 Å². The van der Waals surface area contributed by atoms with E-state index < -0.39 is 0 Å². The lowest BCUT2D eigenvalue weighted by atomic mass is 10.2. The fourth-order valence-corrected chi connectivity index (χ4v) is 3.94. The first-order chi connectivity index (χ1) is 14.7. The number of carbonyl (C=O) groups is 1. The van der Waals surface area contributed by atoms with E-state index in [1.54, 1.807) is 4.90 Å². The highest BCUT2D eigenvalue weighted by Gasteiger charge is 2.34. The molecular formula is C25H18N2O2S. The molecule has 0 N–H and O–H groups in total. The van der Waals surface area contributed by atoms with Gasteiger partial charge in [0.2, 0.25) is 0 Å². The lowest BCUT2D eigenvalue weighted by Crippen LogP contribution is -2.28. The molecule has 1 saturated heterocycles. The van der Waals surface area contributed by atoms with E-state index in [2.05, 4.69) is 5.92 Å². The van der Waals surface area contributed by atoms with E-state index in [9.17, 15) is 4.79 Å². The average Bonchev–Trinajstić information content (AvgIpc) is 3.08. The number of amides is 1. The van der Waals surface area contributed by atoms with Crippen molar-refractivity contribution < 1.29 is 9.53 Å². The van der Waals surface area contributed by atoms with Crippen LogP contribution in [0.1, 0.15) is 5.56 Å². The molecule has 0 radical (unpaired) electrons. The third-order valence-electron chi connectivity index (χ3n) is 4.28. The highest BCUT2D eigenvalue weighted by molar-refractivity contribution is 8.19. The van der Waals surface area contributed by atoms with Gasteiger partial charge < -0.3 is 4.74 Å². The maximum atomic E-state index is 13.3. The fraction of sp³-hybridized carbons (Fsp3) is 0.0400. The van der Waals surface area contributed by atoms with Gasteiger partial charge in [0.15, 0.2) is 5.17 Å². The van der Waals surface area contributed by atoms with E-state index >= 15 is 0 Å². The highest BCUT2D eigenvalue weighted by Crippen LogP contribution is 2.37. The highest BCUT2D eigenvalue weighted by atomic mass is 32.2. The van der Waals surface area contributed by atoms with Gasteiger partial charge in [-0.1, -0.05) is 54.5 Å². The summed E-state index contributed by atoms with van der Waals surface area (Å²) in [6.07, 6.45) is 7.11. The Kier molecular flexibility index (Phi) is 5.98. The number of carbonyl (C=O) groups excluding carboxylic acids is 1. The number of hydrogen-bond donors (Lipinski definition) is 0. The number of nitrogens with zero attached hydrogens (tertiary/aromatic N) is 2. The topological polar surface area (TPSA) is 41.9 Å². The van der Waals surface area contributed by atoms with Crippen LogP contribution in [-0.4, -0.2) is 17.7 Å². The molecule has 30 heavy (non-hydrogen) atoms. The number of rotatable bonds is 5. The van der Waals surface area contributed by atoms with E-state index in [1.165, 1.54) is 11.8 Å². The summed E-state index contributed by atoms with van der Waals surface area (Å²) in [5.74, 6) is 3.00. The van der Waals surface area contributed by atoms with Crippen LogP contribution in [0.3, 0.4) is 0 Å². The summed E-state index contributed by atoms with van der Waals surface area (Å²) < 4.78 is 5.49. The molecule has 4 nitrogen and oxygen atoms in total. The smallest absolute Gasteiger partial charge is 0.271 e. The first kappa shape index (κ1) is 19.6. The number of aliphatic imine (C=N–C) groups is 1. The second kappa shape index (κ2) is 9.17. The van der Waals surface area contributed by atoms with Gasteiger partial charge in [-0.05, 0) is 59.8 Å². The molecule has 1 fully saturated rings. The van der Waals surface area contributed by atoms with Gasteiger partial charge in [-0.3, -0.25) is 9.69 Å². The Labute approximate surface area is 179 Å². The van der Waals surface area contributed by atoms with Crippen LogP contribution in [-0.2, 0) is 4.79 Å². The van der Waals surface area contributed by atoms with E-state index in [0.29, 0.717) is 15.8 Å². The van der Waals surface area contributed by atoms with Crippen molar-refractivity contribution in [3.05, 3.63) is 95.4 Å². The average molecular weight is 410 g/mol. The van der Waals surface area contributed by atoms with Gasteiger partial charge in [0, 0.05) is 0 Å². The number of thioether (sulfide) groups is 1. The van der Waals surface area contributed by atoms with Gasteiger partial charge in [-0.25, -0.2) is 4.99 Å². The monoisotopic (exact) mass is 410 g/mol. The van der Waals surface area contributed by atoms with Crippen LogP contribution in [0, 0.1) is 12.3 Å². The normalized spacial score (nSPS) is 16.1. The molecule has 0 aromatic heterocycles. The molecule has 0 saturated carbocycles. The lowest BCUT2D eigenvalue weighted by molar-refractivity contribution is -0.113. The molecule has 1 heterocycles. The molecule has 1 amide bonds. The van der Waals surface area contributed by atoms with Crippen LogP contribution in [0.4, 0.5) is 11.4 Å². The number of amidine groups is 1. The Morgan fingerprint density at radius 3 is 2.47 bits per heavy atom. The minimum atomic E-state index is -0.115. The van der Waals surface area contributed by atoms with Gasteiger partial charge in [0.1, 0.15) is 12.4 Å². The Balaban J connectivity index is 1.71. The maximum absolute atomic E-state index is 13.3. The summed E-state index contributed by atoms with van der Waals surface area (Å²) in [6, 6.07) is 26.6. The molecule has 1 aliphatic heterocycles. The van der Waals surface area contributed by atoms with Gasteiger partial charge in [-0.15, -0.1) is 6.42 Å². The predicted molar refractivity (Wildman–Crippen MR) is 124 cm³/mol. The second-order valence-corrected chi connectivity index (χ2v) is 7.39. The van der Waals surface area contributed by atoms with Crippen molar-refractivity contribution in [2.24, 2.45) is 4.99 Å². The second-order valence-electron chi connectivity index (χ2n) is 6.38. The van der Waals surface area contributed by atoms with Crippen molar-refractivity contribution in [3.8, 4) is 18.1 Å². The summed E-state index contributed by atoms with van der Waals surface area (Å²) in [5.41, 5.74) is 2.42. The number of terminal acetylenes is 1. The molecule has 0 aliphatic carbocycles. The summed E-state index contributed by atoms with van der Waals surface area (Å²) in [6.45, 7) is 0.198. The third kappa shape index (κ3) is 4.45. The third-order valence-corrected chi connectivity index (χ3v) is 5.25. The Morgan fingerprint density at radius 2 is 1.73 bits per heavy atom. The molecule has 3 aromatic rings. The maximum Gasteiger partial charge on any atom is 0.271 e. The van der Waals surface area contributed by atoms with Crippen LogP contribution in [0.25, 0.3) is 6.08 Å². The van der Waals surface area contributed by atoms with Gasteiger partial charge >= 0.3 is 0 Å². The molecule has 146 valence electrons. The van der Waals surface area contributed by atoms with Crippen LogP contribution >= 0.6 is 11.8 Å². The predicted octanol–water partition coefficient (Wildman–Crippen LogP) is 5.51. The van der Waals surface area contributed by atoms with Crippen molar-refractivity contribution in [2.45, 2.75) is 0 Å². The zero-order valence-electron chi connectivity index (χ0n) is 16.1. The molecule has 4 rings (SSSR count). The molecule has 0 bridgehead atoms. The summed E-state index contributed by atoms with van der Waals surface area (Å²) in [5, 5.41) is 0.614. The zero-order valence-corrected chi connectivity index (χ0v) is 16.9. The van der Waals surface area contributed by atoms with Crippen LogP contribution in [0.5, 0.6) is 5.75 Å². The summed E-state index contributed by atoms with van der Waals surface area (Å²) >= 11 is 1.35. The molecule has 0 unspecified atom stereocenters. The Morgan fingerprint density at radius 1 is 1.00 bits per heavy atom. The number of anilines is 1. The van der Waals surface area contributed by atoms with Crippen LogP contribution in [0.15, 0.2) is 94.8 Å². The Bertz CT molecular complexity index is 1150. The number of para-hydroxylation sites is 2. The van der Waals surface area contributed by atoms with E-state index in [1.807, 2.05) is 91.0 Å². The van der Waals surface area contributed by atoms with Crippen molar-refractivity contribution in [3.63, 3.8) is 0 Å². The zero-order chi connectivity index (χ0) is 20.8. The first-order valence-electron chi connectivity index (χ1n) is 9.34. The molecule has 1 aliphatic rings. The van der Waals surface area contributed by atoms with Crippen molar-refractivity contribution >= 4 is 40.3 Å². The minimum absolute atomic E-state index is 0.115. The van der Waals surface area contributed by atoms with Gasteiger partial charge in [0.05, 0.1) is 16.3 Å². The molecule has 5 heteroatoms. The largest absolute Gasteiger partial charge is 0.481 e. The van der Waals surface area contributed by atoms with Crippen LogP contribution in [0.2, 0.25) is 0 Å². The van der Waals surface area contributed by atoms with Gasteiger partial charge in [0.25, 0.3) is 5.91 Å².